The average molecular weight is 815 g/mol. The second kappa shape index (κ2) is 19.9. The number of aliphatic carboxylic acids is 1. The number of carboxylic acid groups (broad SMARTS) is 1. The van der Waals surface area contributed by atoms with Crippen molar-refractivity contribution in [2.24, 2.45) is 0 Å². The van der Waals surface area contributed by atoms with E-state index < -0.39 is 17.7 Å². The predicted octanol–water partition coefficient (Wildman–Crippen LogP) is 5.61. The number of aromatic nitrogens is 1. The minimum absolute atomic E-state index is 0. The number of phenolic OH excluding ortho intramolecular Hbond substituents is 1. The molecule has 0 unspecified atom stereocenters. The first-order valence-electron chi connectivity index (χ1n) is 17.9. The second-order valence-electron chi connectivity index (χ2n) is 13.6. The number of amides is 1. The number of H-pyrrole nitrogens is 1. The highest BCUT2D eigenvalue weighted by Gasteiger charge is 2.48. The number of nitrogens with one attached hydrogen (secondary N) is 2. The smallest absolute Gasteiger partial charge is 0.347 e. The van der Waals surface area contributed by atoms with Gasteiger partial charge in [0.25, 0.3) is 5.91 Å². The molecule has 0 spiro atoms. The van der Waals surface area contributed by atoms with Gasteiger partial charge in [-0.25, -0.2) is 4.79 Å². The number of aliphatic hydroxyl groups excluding tert-OH is 1. The van der Waals surface area contributed by atoms with Crippen molar-refractivity contribution in [3.63, 3.8) is 0 Å². The van der Waals surface area contributed by atoms with Gasteiger partial charge in [-0.15, -0.1) is 22.7 Å². The summed E-state index contributed by atoms with van der Waals surface area (Å²) in [6.45, 7) is 1.89. The summed E-state index contributed by atoms with van der Waals surface area (Å²) in [7, 11) is 3.84. The quantitative estimate of drug-likeness (QED) is 0.0798. The molecule has 0 saturated heterocycles. The zero-order valence-electron chi connectivity index (χ0n) is 31.1. The van der Waals surface area contributed by atoms with Crippen molar-refractivity contribution in [3.8, 4) is 11.5 Å². The van der Waals surface area contributed by atoms with E-state index in [0.29, 0.717) is 57.6 Å². The summed E-state index contributed by atoms with van der Waals surface area (Å²) in [5.41, 5.74) is 0.0154. The summed E-state index contributed by atoms with van der Waals surface area (Å²) < 4.78 is 12.3. The fraction of sp³-hybridized carbons (Fsp3) is 0.375. The van der Waals surface area contributed by atoms with Crippen molar-refractivity contribution in [1.29, 1.82) is 0 Å². The Bertz CT molecular complexity index is 2020. The van der Waals surface area contributed by atoms with Gasteiger partial charge in [-0.1, -0.05) is 30.3 Å². The number of aromatic hydroxyl groups is 1. The lowest BCUT2D eigenvalue weighted by Crippen LogP contribution is -2.45. The zero-order valence-corrected chi connectivity index (χ0v) is 32.7. The van der Waals surface area contributed by atoms with Crippen molar-refractivity contribution in [2.75, 3.05) is 40.3 Å². The molecule has 302 valence electrons. The molecule has 1 amide bonds. The third-order valence-corrected chi connectivity index (χ3v) is 12.0. The topological polar surface area (TPSA) is 165 Å². The molecule has 6 rings (SSSR count). The number of hydrogen-bond acceptors (Lipinski definition) is 11. The summed E-state index contributed by atoms with van der Waals surface area (Å²) in [6.07, 6.45) is 2.21. The number of nitrogens with zero attached hydrogens (tertiary/aromatic N) is 2. The third-order valence-electron chi connectivity index (χ3n) is 10.1. The van der Waals surface area contributed by atoms with Gasteiger partial charge in [0, 0.05) is 50.7 Å². The highest BCUT2D eigenvalue weighted by Crippen LogP contribution is 2.42. The van der Waals surface area contributed by atoms with Gasteiger partial charge in [0.05, 0.1) is 27.5 Å². The third kappa shape index (κ3) is 10.2. The van der Waals surface area contributed by atoms with Crippen LogP contribution in [0.15, 0.2) is 88.4 Å². The Morgan fingerprint density at radius 3 is 2.20 bits per heavy atom. The number of phenols is 1. The van der Waals surface area contributed by atoms with E-state index in [4.69, 9.17) is 9.47 Å². The number of rotatable bonds is 17. The molecular formula is C40H48F2N4O8S2. The van der Waals surface area contributed by atoms with Gasteiger partial charge < -0.3 is 44.9 Å². The molecule has 5 aromatic rings. The normalized spacial score (nSPS) is 16.1. The van der Waals surface area contributed by atoms with Crippen molar-refractivity contribution in [3.05, 3.63) is 115 Å². The molecule has 1 aliphatic rings. The number of benzene rings is 2. The van der Waals surface area contributed by atoms with Crippen molar-refractivity contribution >= 4 is 45.5 Å². The molecule has 5 N–H and O–H groups in total. The van der Waals surface area contributed by atoms with Crippen LogP contribution in [0.1, 0.15) is 52.7 Å². The molecule has 0 radical (unpaired) electrons. The zero-order chi connectivity index (χ0) is 38.2. The fourth-order valence-electron chi connectivity index (χ4n) is 6.90. The molecule has 3 heterocycles. The summed E-state index contributed by atoms with van der Waals surface area (Å²) in [4.78, 5) is 45.2. The van der Waals surface area contributed by atoms with Gasteiger partial charge >= 0.3 is 5.97 Å². The Balaban J connectivity index is 0.00000348. The maximum absolute atomic E-state index is 12.9. The van der Waals surface area contributed by atoms with E-state index in [2.05, 4.69) is 22.2 Å². The van der Waals surface area contributed by atoms with Crippen LogP contribution in [-0.4, -0.2) is 94.5 Å². The van der Waals surface area contributed by atoms with E-state index in [1.807, 2.05) is 47.2 Å². The van der Waals surface area contributed by atoms with Crippen LogP contribution in [0.5, 0.6) is 11.5 Å². The van der Waals surface area contributed by atoms with Crippen LogP contribution in [0.2, 0.25) is 0 Å². The van der Waals surface area contributed by atoms with Gasteiger partial charge in [-0.05, 0) is 91.0 Å². The number of halogens is 2. The van der Waals surface area contributed by atoms with Crippen molar-refractivity contribution in [2.45, 2.75) is 56.1 Å². The molecule has 1 fully saturated rings. The Kier molecular flexibility index (Phi) is 15.7. The molecule has 16 heteroatoms. The molecule has 3 aromatic heterocycles. The number of pyridine rings is 1. The first-order valence-corrected chi connectivity index (χ1v) is 19.7. The van der Waals surface area contributed by atoms with E-state index in [0.717, 1.165) is 31.2 Å². The lowest BCUT2D eigenvalue weighted by atomic mass is 9.90. The summed E-state index contributed by atoms with van der Waals surface area (Å²) in [5, 5.41) is 38.9. The number of carbonyl (C=O) groups is 2. The Labute approximate surface area is 331 Å². The minimum atomic E-state index is -1.50. The number of aromatic amines is 1. The van der Waals surface area contributed by atoms with Crippen LogP contribution in [0.3, 0.4) is 0 Å². The van der Waals surface area contributed by atoms with E-state index in [1.54, 1.807) is 36.2 Å². The van der Waals surface area contributed by atoms with E-state index >= 15 is 0 Å². The lowest BCUT2D eigenvalue weighted by Gasteiger charge is -2.38. The molecule has 0 aliphatic heterocycles. The maximum Gasteiger partial charge on any atom is 0.347 e. The summed E-state index contributed by atoms with van der Waals surface area (Å²) >= 11 is 2.80. The SMILES string of the molecule is CN(CCN(C)C1CCC(OC(C(=O)O)(c2cccs2)c2cccs2)CC1)C(=O)COc1ccc(CNC[C@H](O)c2ccc(O)c3[nH]c(=O)ccc23)cc1.F.F. The molecule has 12 nitrogen and oxygen atoms in total. The maximum atomic E-state index is 12.9. The number of thiophene rings is 2. The van der Waals surface area contributed by atoms with Crippen molar-refractivity contribution in [1.82, 2.24) is 20.1 Å². The van der Waals surface area contributed by atoms with Gasteiger partial charge in [-0.2, -0.15) is 0 Å². The first kappa shape index (κ1) is 44.0. The molecule has 1 atom stereocenters. The number of carbonyl (C=O) groups excluding carboxylic acids is 1. The van der Waals surface area contributed by atoms with E-state index in [-0.39, 0.29) is 45.9 Å². The second-order valence-corrected chi connectivity index (χ2v) is 15.5. The van der Waals surface area contributed by atoms with Crippen LogP contribution in [-0.2, 0) is 26.5 Å². The van der Waals surface area contributed by atoms with Crippen LogP contribution in [0.25, 0.3) is 10.9 Å². The molecule has 0 bridgehead atoms. The average Bonchev–Trinajstić information content (AvgIpc) is 3.92. The molecule has 56 heavy (non-hydrogen) atoms. The van der Waals surface area contributed by atoms with Crippen molar-refractivity contribution < 1.29 is 43.8 Å². The fourth-order valence-corrected chi connectivity index (χ4v) is 8.71. The monoisotopic (exact) mass is 814 g/mol. The Hall–Kier alpha value is -4.71. The molecule has 2 aromatic carbocycles. The Morgan fingerprint density at radius 2 is 1.59 bits per heavy atom. The van der Waals surface area contributed by atoms with Gasteiger partial charge in [-0.3, -0.25) is 19.0 Å². The van der Waals surface area contributed by atoms with E-state index in [1.165, 1.54) is 34.8 Å². The predicted molar refractivity (Wildman–Crippen MR) is 214 cm³/mol. The number of aliphatic hydroxyl groups is 1. The number of carboxylic acids is 1. The van der Waals surface area contributed by atoms with Gasteiger partial charge in [0.15, 0.2) is 6.61 Å². The van der Waals surface area contributed by atoms with Gasteiger partial charge in [0.1, 0.15) is 11.5 Å². The highest BCUT2D eigenvalue weighted by molar-refractivity contribution is 7.12. The van der Waals surface area contributed by atoms with E-state index in [9.17, 15) is 29.7 Å². The summed E-state index contributed by atoms with van der Waals surface area (Å²) in [5.74, 6) is -0.603. The van der Waals surface area contributed by atoms with Crippen LogP contribution < -0.4 is 15.6 Å². The first-order chi connectivity index (χ1) is 26.0. The number of ether oxygens (including phenoxy) is 2. The number of fused-ring (bicyclic) bond motifs is 1. The lowest BCUT2D eigenvalue weighted by molar-refractivity contribution is -0.170. The summed E-state index contributed by atoms with van der Waals surface area (Å²) in [6, 6.07) is 21.1. The Morgan fingerprint density at radius 1 is 0.929 bits per heavy atom. The largest absolute Gasteiger partial charge is 0.506 e. The van der Waals surface area contributed by atoms with Crippen LogP contribution >= 0.6 is 22.7 Å². The standard InChI is InChI=1S/C40H46N4O8S2.2FH/c1-43(27-9-13-29(14-10-27)52-40(39(49)50,34-5-3-21-53-34)35-6-4-22-54-35)19-20-44(2)37(48)25-51-28-11-7-26(8-12-28)23-41-24-33(46)30-15-17-32(45)38-31(30)16-18-36(47)42-38;;/h3-8,11-12,15-18,21-22,27,29,33,41,45-46H,9-10,13-14,19-20,23-25H2,1-2H3,(H,42,47)(H,49,50);2*1H/t27?,29?,33-;;/m0../s1. The molecule has 1 saturated carbocycles. The van der Waals surface area contributed by atoms with Crippen LogP contribution in [0, 0.1) is 0 Å². The minimum Gasteiger partial charge on any atom is -0.506 e. The molecular weight excluding hydrogens is 767 g/mol. The van der Waals surface area contributed by atoms with Gasteiger partial charge in [0.2, 0.25) is 11.2 Å². The molecule has 1 aliphatic carbocycles. The number of hydrogen-bond donors (Lipinski definition) is 5. The van der Waals surface area contributed by atoms with Crippen LogP contribution in [0.4, 0.5) is 9.41 Å². The number of likely N-dealkylation sites (N-methyl/N-ethyl adjacent to an activating group) is 2. The highest BCUT2D eigenvalue weighted by atomic mass is 32.1.